The van der Waals surface area contributed by atoms with Crippen LogP contribution in [0.1, 0.15) is 48.9 Å². The molecule has 2 atom stereocenters. The van der Waals surface area contributed by atoms with Gasteiger partial charge in [0.2, 0.25) is 5.91 Å². The third-order valence-corrected chi connectivity index (χ3v) is 5.36. The van der Waals surface area contributed by atoms with Crippen molar-refractivity contribution in [3.05, 3.63) is 65.2 Å². The van der Waals surface area contributed by atoms with Gasteiger partial charge < -0.3 is 10.6 Å². The van der Waals surface area contributed by atoms with Gasteiger partial charge in [-0.05, 0) is 41.6 Å². The molecule has 118 valence electrons. The predicted molar refractivity (Wildman–Crippen MR) is 92.6 cm³/mol. The topological polar surface area (TPSA) is 41.1 Å². The van der Waals surface area contributed by atoms with Crippen molar-refractivity contribution in [2.75, 3.05) is 11.9 Å². The van der Waals surface area contributed by atoms with Gasteiger partial charge in [-0.1, -0.05) is 56.3 Å². The van der Waals surface area contributed by atoms with Crippen molar-refractivity contribution in [3.63, 3.8) is 0 Å². The Bertz CT molecular complexity index is 750. The maximum Gasteiger partial charge on any atom is 0.237 e. The molecule has 3 heteroatoms. The molecule has 2 aliphatic rings. The Hall–Kier alpha value is -2.13. The van der Waals surface area contributed by atoms with E-state index in [-0.39, 0.29) is 11.9 Å². The molecule has 2 aromatic carbocycles. The van der Waals surface area contributed by atoms with Gasteiger partial charge in [0, 0.05) is 5.69 Å². The molecule has 1 spiro atoms. The quantitative estimate of drug-likeness (QED) is 0.887. The van der Waals surface area contributed by atoms with Crippen molar-refractivity contribution < 1.29 is 4.79 Å². The van der Waals surface area contributed by atoms with Gasteiger partial charge in [-0.25, -0.2) is 0 Å². The number of fused-ring (bicyclic) bond motifs is 2. The van der Waals surface area contributed by atoms with Crippen LogP contribution in [-0.4, -0.2) is 12.5 Å². The number of nitrogens with one attached hydrogen (secondary N) is 2. The van der Waals surface area contributed by atoms with Crippen molar-refractivity contribution >= 4 is 11.6 Å². The fourth-order valence-electron chi connectivity index (χ4n) is 4.08. The first-order valence-electron chi connectivity index (χ1n) is 8.37. The van der Waals surface area contributed by atoms with Crippen molar-refractivity contribution in [2.24, 2.45) is 0 Å². The lowest BCUT2D eigenvalue weighted by Crippen LogP contribution is -2.39. The fraction of sp³-hybridized carbons (Fsp3) is 0.350. The standard InChI is InChI=1S/C20H22N2O/c1-13(2)14-7-9-15(10-8-14)18-20(11-12-21-18)16-5-3-4-6-17(16)22-19(20)23/h3-10,13,18,21H,11-12H2,1-2H3,(H,22,23)/t18-,20-/m0/s1. The molecule has 2 aliphatic heterocycles. The summed E-state index contributed by atoms with van der Waals surface area (Å²) in [7, 11) is 0. The first-order valence-corrected chi connectivity index (χ1v) is 8.37. The van der Waals surface area contributed by atoms with Crippen LogP contribution in [0.4, 0.5) is 5.69 Å². The van der Waals surface area contributed by atoms with Crippen molar-refractivity contribution in [1.29, 1.82) is 0 Å². The lowest BCUT2D eigenvalue weighted by Gasteiger charge is -2.29. The second kappa shape index (κ2) is 5.20. The molecule has 1 amide bonds. The largest absolute Gasteiger partial charge is 0.325 e. The number of anilines is 1. The third kappa shape index (κ3) is 2.03. The number of benzene rings is 2. The van der Waals surface area contributed by atoms with E-state index in [2.05, 4.69) is 54.8 Å². The van der Waals surface area contributed by atoms with Crippen LogP contribution >= 0.6 is 0 Å². The van der Waals surface area contributed by atoms with Gasteiger partial charge in [-0.15, -0.1) is 0 Å². The first kappa shape index (κ1) is 14.5. The zero-order valence-electron chi connectivity index (χ0n) is 13.6. The van der Waals surface area contributed by atoms with Crippen LogP contribution in [0.3, 0.4) is 0 Å². The second-order valence-corrected chi connectivity index (χ2v) is 6.93. The molecule has 0 unspecified atom stereocenters. The summed E-state index contributed by atoms with van der Waals surface area (Å²) < 4.78 is 0. The van der Waals surface area contributed by atoms with Crippen LogP contribution in [-0.2, 0) is 10.2 Å². The SMILES string of the molecule is CC(C)c1ccc([C@@H]2NCC[C@@]23C(=O)Nc2ccccc23)cc1. The molecule has 0 bridgehead atoms. The average Bonchev–Trinajstić information content (AvgIpc) is 3.12. The van der Waals surface area contributed by atoms with Crippen molar-refractivity contribution in [2.45, 2.75) is 37.6 Å². The summed E-state index contributed by atoms with van der Waals surface area (Å²) in [5.74, 6) is 0.645. The highest BCUT2D eigenvalue weighted by Crippen LogP contribution is 2.50. The number of carbonyl (C=O) groups is 1. The van der Waals surface area contributed by atoms with Crippen molar-refractivity contribution in [1.82, 2.24) is 5.32 Å². The van der Waals surface area contributed by atoms with E-state index in [9.17, 15) is 4.79 Å². The molecule has 2 heterocycles. The van der Waals surface area contributed by atoms with Crippen LogP contribution < -0.4 is 10.6 Å². The lowest BCUT2D eigenvalue weighted by atomic mass is 9.73. The lowest BCUT2D eigenvalue weighted by molar-refractivity contribution is -0.121. The maximum atomic E-state index is 12.9. The van der Waals surface area contributed by atoms with E-state index in [1.807, 2.05) is 18.2 Å². The molecular weight excluding hydrogens is 284 g/mol. The summed E-state index contributed by atoms with van der Waals surface area (Å²) in [6.45, 7) is 5.26. The van der Waals surface area contributed by atoms with E-state index < -0.39 is 5.41 Å². The number of para-hydroxylation sites is 1. The van der Waals surface area contributed by atoms with Crippen LogP contribution in [0.15, 0.2) is 48.5 Å². The highest BCUT2D eigenvalue weighted by Gasteiger charge is 2.55. The van der Waals surface area contributed by atoms with Crippen LogP contribution in [0, 0.1) is 0 Å². The number of amides is 1. The summed E-state index contributed by atoms with van der Waals surface area (Å²) in [5, 5.41) is 6.65. The molecule has 2 N–H and O–H groups in total. The summed E-state index contributed by atoms with van der Waals surface area (Å²) in [6.07, 6.45) is 0.840. The van der Waals surface area contributed by atoms with Gasteiger partial charge in [0.05, 0.1) is 11.5 Å². The zero-order chi connectivity index (χ0) is 16.0. The Morgan fingerprint density at radius 2 is 1.83 bits per heavy atom. The Morgan fingerprint density at radius 3 is 2.57 bits per heavy atom. The molecular formula is C20H22N2O. The smallest absolute Gasteiger partial charge is 0.237 e. The van der Waals surface area contributed by atoms with E-state index in [0.29, 0.717) is 5.92 Å². The summed E-state index contributed by atoms with van der Waals surface area (Å²) in [5.41, 5.74) is 4.14. The van der Waals surface area contributed by atoms with E-state index in [1.165, 1.54) is 11.1 Å². The van der Waals surface area contributed by atoms with Gasteiger partial charge in [0.1, 0.15) is 0 Å². The summed E-state index contributed by atoms with van der Waals surface area (Å²) >= 11 is 0. The monoisotopic (exact) mass is 306 g/mol. The average molecular weight is 306 g/mol. The first-order chi connectivity index (χ1) is 11.1. The Kier molecular flexibility index (Phi) is 3.27. The summed E-state index contributed by atoms with van der Waals surface area (Å²) in [6, 6.07) is 16.9. The van der Waals surface area contributed by atoms with Gasteiger partial charge >= 0.3 is 0 Å². The summed E-state index contributed by atoms with van der Waals surface area (Å²) in [4.78, 5) is 12.9. The normalized spacial score (nSPS) is 25.9. The molecule has 1 saturated heterocycles. The van der Waals surface area contributed by atoms with E-state index >= 15 is 0 Å². The van der Waals surface area contributed by atoms with Crippen LogP contribution in [0.2, 0.25) is 0 Å². The molecule has 0 radical (unpaired) electrons. The van der Waals surface area contributed by atoms with E-state index in [4.69, 9.17) is 0 Å². The van der Waals surface area contributed by atoms with Crippen molar-refractivity contribution in [3.8, 4) is 0 Å². The molecule has 3 nitrogen and oxygen atoms in total. The van der Waals surface area contributed by atoms with Gasteiger partial charge in [-0.3, -0.25) is 4.79 Å². The fourth-order valence-corrected chi connectivity index (χ4v) is 4.08. The van der Waals surface area contributed by atoms with Gasteiger partial charge in [0.25, 0.3) is 0 Å². The molecule has 23 heavy (non-hydrogen) atoms. The number of carbonyl (C=O) groups excluding carboxylic acids is 1. The predicted octanol–water partition coefficient (Wildman–Crippen LogP) is 3.73. The minimum Gasteiger partial charge on any atom is -0.325 e. The Labute approximate surface area is 137 Å². The Balaban J connectivity index is 1.79. The van der Waals surface area contributed by atoms with Crippen LogP contribution in [0.25, 0.3) is 0 Å². The Morgan fingerprint density at radius 1 is 1.09 bits per heavy atom. The molecule has 0 aliphatic carbocycles. The van der Waals surface area contributed by atoms with E-state index in [0.717, 1.165) is 24.2 Å². The number of rotatable bonds is 2. The number of hydrogen-bond donors (Lipinski definition) is 2. The molecule has 0 saturated carbocycles. The molecule has 4 rings (SSSR count). The highest BCUT2D eigenvalue weighted by molar-refractivity contribution is 6.07. The second-order valence-electron chi connectivity index (χ2n) is 6.93. The minimum absolute atomic E-state index is 0.0346. The minimum atomic E-state index is -0.476. The van der Waals surface area contributed by atoms with E-state index in [1.54, 1.807) is 0 Å². The van der Waals surface area contributed by atoms with Gasteiger partial charge in [-0.2, -0.15) is 0 Å². The maximum absolute atomic E-state index is 12.9. The van der Waals surface area contributed by atoms with Gasteiger partial charge in [0.15, 0.2) is 0 Å². The molecule has 2 aromatic rings. The molecule has 0 aromatic heterocycles. The highest BCUT2D eigenvalue weighted by atomic mass is 16.2. The molecule has 1 fully saturated rings. The third-order valence-electron chi connectivity index (χ3n) is 5.36. The van der Waals surface area contributed by atoms with Crippen LogP contribution in [0.5, 0.6) is 0 Å². The zero-order valence-corrected chi connectivity index (χ0v) is 13.6. The number of hydrogen-bond acceptors (Lipinski definition) is 2.